The van der Waals surface area contributed by atoms with Crippen LogP contribution in [0.25, 0.3) is 0 Å². The van der Waals surface area contributed by atoms with Crippen LogP contribution in [-0.2, 0) is 4.79 Å². The van der Waals surface area contributed by atoms with Crippen LogP contribution in [0.15, 0.2) is 12.2 Å². The van der Waals surface area contributed by atoms with Gasteiger partial charge in [0.2, 0.25) is 0 Å². The summed E-state index contributed by atoms with van der Waals surface area (Å²) in [6.45, 7) is 6.14. The second-order valence-corrected chi connectivity index (χ2v) is 9.59. The van der Waals surface area contributed by atoms with E-state index in [1.54, 1.807) is 6.92 Å². The number of allylic oxidation sites excluding steroid dienone is 1. The smallest absolute Gasteiger partial charge is 0.161 e. The van der Waals surface area contributed by atoms with E-state index in [0.717, 1.165) is 25.7 Å². The maximum atomic E-state index is 12.2. The molecular weight excluding hydrogens is 300 g/mol. The lowest BCUT2D eigenvalue weighted by Gasteiger charge is -2.60. The van der Waals surface area contributed by atoms with Crippen molar-refractivity contribution >= 4 is 5.78 Å². The van der Waals surface area contributed by atoms with Gasteiger partial charge in [0.25, 0.3) is 0 Å². The number of aliphatic hydroxyl groups is 2. The van der Waals surface area contributed by atoms with Crippen molar-refractivity contribution in [2.24, 2.45) is 34.5 Å². The van der Waals surface area contributed by atoms with Gasteiger partial charge in [-0.1, -0.05) is 26.0 Å². The van der Waals surface area contributed by atoms with Gasteiger partial charge in [-0.05, 0) is 81.0 Å². The highest BCUT2D eigenvalue weighted by Gasteiger charge is 2.65. The Morgan fingerprint density at radius 2 is 1.79 bits per heavy atom. The van der Waals surface area contributed by atoms with Crippen LogP contribution in [0.1, 0.15) is 65.7 Å². The molecule has 0 aromatic carbocycles. The van der Waals surface area contributed by atoms with Crippen molar-refractivity contribution in [2.45, 2.75) is 77.4 Å². The summed E-state index contributed by atoms with van der Waals surface area (Å²) in [6.07, 6.45) is 11.0. The monoisotopic (exact) mass is 332 g/mol. The van der Waals surface area contributed by atoms with Crippen LogP contribution in [0, 0.1) is 34.5 Å². The molecule has 1 unspecified atom stereocenters. The number of fused-ring (bicyclic) bond motifs is 5. The first-order chi connectivity index (χ1) is 11.2. The SMILES string of the molecule is CC(=O)[C@@]1(O)CC[C@H]2[C@@H]3CCC4C[C@H](O)C=C[C@]4(C)[C@H]3CC[C@@]21C. The third-order valence-corrected chi connectivity index (χ3v) is 8.90. The van der Waals surface area contributed by atoms with Crippen molar-refractivity contribution in [1.82, 2.24) is 0 Å². The number of rotatable bonds is 1. The lowest BCUT2D eigenvalue weighted by atomic mass is 9.45. The number of aliphatic hydroxyl groups excluding tert-OH is 1. The van der Waals surface area contributed by atoms with Gasteiger partial charge in [0.05, 0.1) is 6.10 Å². The second-order valence-electron chi connectivity index (χ2n) is 9.59. The van der Waals surface area contributed by atoms with E-state index < -0.39 is 5.60 Å². The zero-order valence-electron chi connectivity index (χ0n) is 15.3. The fourth-order valence-corrected chi connectivity index (χ4v) is 7.38. The molecule has 0 bridgehead atoms. The van der Waals surface area contributed by atoms with E-state index in [1.165, 1.54) is 12.8 Å². The Kier molecular flexibility index (Phi) is 3.61. The van der Waals surface area contributed by atoms with E-state index in [0.29, 0.717) is 30.1 Å². The van der Waals surface area contributed by atoms with Crippen LogP contribution >= 0.6 is 0 Å². The number of ketones is 1. The fraction of sp³-hybridized carbons (Fsp3) is 0.857. The van der Waals surface area contributed by atoms with E-state index in [2.05, 4.69) is 19.9 Å². The van der Waals surface area contributed by atoms with Crippen molar-refractivity contribution < 1.29 is 15.0 Å². The largest absolute Gasteiger partial charge is 0.389 e. The number of Topliss-reactive ketones (excluding diaryl/α,β-unsaturated/α-hetero) is 1. The van der Waals surface area contributed by atoms with Crippen LogP contribution in [-0.4, -0.2) is 27.7 Å². The summed E-state index contributed by atoms with van der Waals surface area (Å²) in [4.78, 5) is 12.2. The first kappa shape index (κ1) is 16.8. The van der Waals surface area contributed by atoms with E-state index in [-0.39, 0.29) is 22.7 Å². The Morgan fingerprint density at radius 1 is 1.08 bits per heavy atom. The Balaban J connectivity index is 1.68. The lowest BCUT2D eigenvalue weighted by Crippen LogP contribution is -2.57. The Bertz CT molecular complexity index is 584. The Morgan fingerprint density at radius 3 is 2.50 bits per heavy atom. The summed E-state index contributed by atoms with van der Waals surface area (Å²) < 4.78 is 0. The van der Waals surface area contributed by atoms with Crippen molar-refractivity contribution in [2.75, 3.05) is 0 Å². The Labute approximate surface area is 145 Å². The van der Waals surface area contributed by atoms with E-state index >= 15 is 0 Å². The summed E-state index contributed by atoms with van der Waals surface area (Å²) >= 11 is 0. The quantitative estimate of drug-likeness (QED) is 0.723. The molecule has 3 nitrogen and oxygen atoms in total. The molecule has 2 N–H and O–H groups in total. The minimum Gasteiger partial charge on any atom is -0.389 e. The maximum Gasteiger partial charge on any atom is 0.161 e. The predicted octanol–water partition coefficient (Wildman–Crippen LogP) is 3.49. The molecule has 0 amide bonds. The van der Waals surface area contributed by atoms with Gasteiger partial charge in [0.15, 0.2) is 5.78 Å². The van der Waals surface area contributed by atoms with E-state index in [1.807, 2.05) is 6.08 Å². The standard InChI is InChI=1S/C21H32O3/c1-13(22)21(24)11-8-18-16-5-4-14-12-15(23)6-9-19(14,2)17(16)7-10-20(18,21)3/h6,9,14-18,23-24H,4-5,7-8,10-12H2,1-3H3/t14?,15-,16-,17+,18+,19+,20+,21+/m1/s1. The van der Waals surface area contributed by atoms with E-state index in [9.17, 15) is 15.0 Å². The first-order valence-corrected chi connectivity index (χ1v) is 9.83. The number of carbonyl (C=O) groups is 1. The molecule has 0 radical (unpaired) electrons. The van der Waals surface area contributed by atoms with Crippen molar-refractivity contribution in [1.29, 1.82) is 0 Å². The van der Waals surface area contributed by atoms with Crippen LogP contribution in [0.4, 0.5) is 0 Å². The van der Waals surface area contributed by atoms with Crippen LogP contribution in [0.3, 0.4) is 0 Å². The summed E-state index contributed by atoms with van der Waals surface area (Å²) in [6, 6.07) is 0. The average molecular weight is 332 g/mol. The van der Waals surface area contributed by atoms with Crippen molar-refractivity contribution in [3.63, 3.8) is 0 Å². The van der Waals surface area contributed by atoms with Gasteiger partial charge >= 0.3 is 0 Å². The highest BCUT2D eigenvalue weighted by Crippen LogP contribution is 2.67. The molecule has 4 rings (SSSR count). The van der Waals surface area contributed by atoms with Gasteiger partial charge in [0.1, 0.15) is 5.60 Å². The highest BCUT2D eigenvalue weighted by molar-refractivity contribution is 5.86. The van der Waals surface area contributed by atoms with Crippen molar-refractivity contribution in [3.8, 4) is 0 Å². The topological polar surface area (TPSA) is 57.5 Å². The molecule has 4 aliphatic carbocycles. The first-order valence-electron chi connectivity index (χ1n) is 9.83. The molecule has 3 heteroatoms. The average Bonchev–Trinajstić information content (AvgIpc) is 2.81. The lowest BCUT2D eigenvalue weighted by molar-refractivity contribution is -0.163. The van der Waals surface area contributed by atoms with Gasteiger partial charge in [-0.15, -0.1) is 0 Å². The maximum absolute atomic E-state index is 12.2. The minimum absolute atomic E-state index is 0.0356. The predicted molar refractivity (Wildman–Crippen MR) is 93.3 cm³/mol. The van der Waals surface area contributed by atoms with Gasteiger partial charge in [-0.25, -0.2) is 0 Å². The molecule has 4 aliphatic rings. The number of carbonyl (C=O) groups excluding carboxylic acids is 1. The normalized spacial score (nSPS) is 56.3. The number of hydrogen-bond donors (Lipinski definition) is 2. The molecule has 0 aliphatic heterocycles. The highest BCUT2D eigenvalue weighted by atomic mass is 16.3. The zero-order chi connectivity index (χ0) is 17.3. The van der Waals surface area contributed by atoms with E-state index in [4.69, 9.17) is 0 Å². The molecule has 24 heavy (non-hydrogen) atoms. The van der Waals surface area contributed by atoms with Gasteiger partial charge in [-0.2, -0.15) is 0 Å². The molecule has 0 aromatic rings. The second kappa shape index (κ2) is 5.17. The van der Waals surface area contributed by atoms with Gasteiger partial charge in [0, 0.05) is 5.41 Å². The number of hydrogen-bond acceptors (Lipinski definition) is 3. The van der Waals surface area contributed by atoms with Gasteiger partial charge < -0.3 is 10.2 Å². The summed E-state index contributed by atoms with van der Waals surface area (Å²) in [7, 11) is 0. The fourth-order valence-electron chi connectivity index (χ4n) is 7.38. The van der Waals surface area contributed by atoms with Gasteiger partial charge in [-0.3, -0.25) is 4.79 Å². The molecule has 3 saturated carbocycles. The molecule has 0 saturated heterocycles. The third kappa shape index (κ3) is 1.94. The molecule has 0 aromatic heterocycles. The van der Waals surface area contributed by atoms with Crippen LogP contribution in [0.2, 0.25) is 0 Å². The van der Waals surface area contributed by atoms with Crippen LogP contribution in [0.5, 0.6) is 0 Å². The molecule has 134 valence electrons. The minimum atomic E-state index is -1.11. The molecule has 0 spiro atoms. The Hall–Kier alpha value is -0.670. The zero-order valence-corrected chi connectivity index (χ0v) is 15.3. The third-order valence-electron chi connectivity index (χ3n) is 8.90. The molecule has 0 heterocycles. The summed E-state index contributed by atoms with van der Waals surface area (Å²) in [5, 5.41) is 21.2. The molecule has 8 atom stereocenters. The molecular formula is C21H32O3. The van der Waals surface area contributed by atoms with Crippen molar-refractivity contribution in [3.05, 3.63) is 12.2 Å². The molecule has 3 fully saturated rings. The summed E-state index contributed by atoms with van der Waals surface area (Å²) in [5.41, 5.74) is -1.18. The summed E-state index contributed by atoms with van der Waals surface area (Å²) in [5.74, 6) is 2.25. The van der Waals surface area contributed by atoms with Crippen LogP contribution < -0.4 is 0 Å².